The highest BCUT2D eigenvalue weighted by Gasteiger charge is 2.05. The Balaban J connectivity index is 0.000001000. The molecule has 0 aromatic carbocycles. The maximum absolute atomic E-state index is 8.99. The first-order chi connectivity index (χ1) is 4.74. The van der Waals surface area contributed by atoms with E-state index in [4.69, 9.17) is 5.11 Å². The van der Waals surface area contributed by atoms with E-state index in [9.17, 15) is 0 Å². The molecular weight excluding hydrogens is 166 g/mol. The van der Waals surface area contributed by atoms with Gasteiger partial charge in [0.2, 0.25) is 0 Å². The fourth-order valence-electron chi connectivity index (χ4n) is 0.655. The number of aliphatic hydroxyl groups excluding tert-OH is 1. The van der Waals surface area contributed by atoms with Crippen molar-refractivity contribution in [2.75, 3.05) is 0 Å². The van der Waals surface area contributed by atoms with Crippen LogP contribution in [0.3, 0.4) is 0 Å². The van der Waals surface area contributed by atoms with Gasteiger partial charge in [-0.05, 0) is 6.92 Å². The van der Waals surface area contributed by atoms with Crippen molar-refractivity contribution < 1.29 is 5.11 Å². The number of hydrogen-bond acceptors (Lipinski definition) is 3. The second-order valence-electron chi connectivity index (χ2n) is 2.17. The van der Waals surface area contributed by atoms with Gasteiger partial charge in [0.25, 0.3) is 0 Å². The number of aliphatic hydroxyl groups is 1. The number of aryl methyl sites for hydroxylation is 1. The Kier molecular flexibility index (Phi) is 4.07. The van der Waals surface area contributed by atoms with E-state index < -0.39 is 6.10 Å². The number of hydrogen-bond donors (Lipinski definition) is 2. The second kappa shape index (κ2) is 4.31. The van der Waals surface area contributed by atoms with Crippen molar-refractivity contribution in [3.63, 3.8) is 0 Å². The van der Waals surface area contributed by atoms with E-state index in [1.807, 2.05) is 6.92 Å². The van der Waals surface area contributed by atoms with Gasteiger partial charge in [0.05, 0.1) is 0 Å². The highest BCUT2D eigenvalue weighted by Crippen LogP contribution is 2.04. The summed E-state index contributed by atoms with van der Waals surface area (Å²) in [5, 5.41) is 15.5. The zero-order valence-electron chi connectivity index (χ0n) is 6.53. The fourth-order valence-corrected chi connectivity index (χ4v) is 0.655. The first kappa shape index (κ1) is 10.4. The smallest absolute Gasteiger partial charge is 0.178 e. The quantitative estimate of drug-likeness (QED) is 0.704. The van der Waals surface area contributed by atoms with Crippen LogP contribution in [-0.4, -0.2) is 20.3 Å². The molecule has 1 heterocycles. The molecule has 1 atom stereocenters. The molecule has 5 heteroatoms. The maximum atomic E-state index is 8.99. The third-order valence-corrected chi connectivity index (χ3v) is 1.26. The van der Waals surface area contributed by atoms with E-state index in [1.54, 1.807) is 6.92 Å². The van der Waals surface area contributed by atoms with E-state index in [-0.39, 0.29) is 12.4 Å². The minimum absolute atomic E-state index is 0. The summed E-state index contributed by atoms with van der Waals surface area (Å²) in [7, 11) is 0. The Hall–Kier alpha value is -0.610. The van der Waals surface area contributed by atoms with Crippen molar-refractivity contribution in [3.05, 3.63) is 11.6 Å². The molecular formula is C6H12ClN3O. The molecule has 0 aliphatic carbocycles. The summed E-state index contributed by atoms with van der Waals surface area (Å²) in [5.41, 5.74) is 0. The average molecular weight is 178 g/mol. The number of aromatic amines is 1. The highest BCUT2D eigenvalue weighted by atomic mass is 35.5. The molecule has 0 bridgehead atoms. The first-order valence-electron chi connectivity index (χ1n) is 3.33. The molecule has 0 aliphatic rings. The van der Waals surface area contributed by atoms with Crippen LogP contribution in [0.25, 0.3) is 0 Å². The van der Waals surface area contributed by atoms with Gasteiger partial charge >= 0.3 is 0 Å². The van der Waals surface area contributed by atoms with Crippen LogP contribution in [0.2, 0.25) is 0 Å². The van der Waals surface area contributed by atoms with E-state index in [0.29, 0.717) is 5.82 Å². The monoisotopic (exact) mass is 177 g/mol. The molecule has 4 nitrogen and oxygen atoms in total. The predicted octanol–water partition coefficient (Wildman–Crippen LogP) is 0.842. The highest BCUT2D eigenvalue weighted by molar-refractivity contribution is 5.85. The molecule has 0 amide bonds. The van der Waals surface area contributed by atoms with Gasteiger partial charge in [-0.1, -0.05) is 6.92 Å². The lowest BCUT2D eigenvalue weighted by Crippen LogP contribution is -1.93. The number of nitrogens with one attached hydrogen (secondary N) is 1. The van der Waals surface area contributed by atoms with Crippen molar-refractivity contribution in [2.24, 2.45) is 0 Å². The summed E-state index contributed by atoms with van der Waals surface area (Å²) in [6.07, 6.45) is 0.247. The maximum Gasteiger partial charge on any atom is 0.178 e. The molecule has 0 aliphatic heterocycles. The third kappa shape index (κ3) is 2.48. The Morgan fingerprint density at radius 3 is 2.55 bits per heavy atom. The second-order valence-corrected chi connectivity index (χ2v) is 2.17. The van der Waals surface area contributed by atoms with Crippen LogP contribution in [0.4, 0.5) is 0 Å². The number of nitrogens with zero attached hydrogens (tertiary/aromatic N) is 2. The van der Waals surface area contributed by atoms with E-state index in [0.717, 1.165) is 12.2 Å². The zero-order valence-corrected chi connectivity index (χ0v) is 7.35. The molecule has 0 fully saturated rings. The lowest BCUT2D eigenvalue weighted by Gasteiger charge is -1.92. The molecule has 11 heavy (non-hydrogen) atoms. The summed E-state index contributed by atoms with van der Waals surface area (Å²) < 4.78 is 0. The average Bonchev–Trinajstić information content (AvgIpc) is 2.34. The van der Waals surface area contributed by atoms with Gasteiger partial charge < -0.3 is 5.11 Å². The summed E-state index contributed by atoms with van der Waals surface area (Å²) in [6, 6.07) is 0. The minimum atomic E-state index is -0.573. The molecule has 0 saturated carbocycles. The Morgan fingerprint density at radius 2 is 2.27 bits per heavy atom. The van der Waals surface area contributed by atoms with Crippen LogP contribution in [0.5, 0.6) is 0 Å². The van der Waals surface area contributed by atoms with Crippen LogP contribution in [0.15, 0.2) is 0 Å². The molecule has 64 valence electrons. The molecule has 0 radical (unpaired) electrons. The van der Waals surface area contributed by atoms with Crippen molar-refractivity contribution in [2.45, 2.75) is 26.4 Å². The molecule has 1 aromatic heterocycles. The number of halogens is 1. The Morgan fingerprint density at radius 1 is 1.64 bits per heavy atom. The Bertz CT molecular complexity index is 211. The summed E-state index contributed by atoms with van der Waals surface area (Å²) in [5.74, 6) is 1.28. The minimum Gasteiger partial charge on any atom is -0.385 e. The van der Waals surface area contributed by atoms with Crippen molar-refractivity contribution >= 4 is 12.4 Å². The SMILES string of the molecule is CCc1nc(C(C)O)n[nH]1.Cl. The van der Waals surface area contributed by atoms with Gasteiger partial charge in [-0.25, -0.2) is 4.98 Å². The van der Waals surface area contributed by atoms with Crippen molar-refractivity contribution in [1.82, 2.24) is 15.2 Å². The summed E-state index contributed by atoms with van der Waals surface area (Å²) in [4.78, 5) is 4.01. The normalized spacial score (nSPS) is 12.3. The lowest BCUT2D eigenvalue weighted by molar-refractivity contribution is 0.189. The zero-order chi connectivity index (χ0) is 7.56. The van der Waals surface area contributed by atoms with Gasteiger partial charge in [0.15, 0.2) is 5.82 Å². The van der Waals surface area contributed by atoms with Crippen LogP contribution < -0.4 is 0 Å². The topological polar surface area (TPSA) is 61.8 Å². The van der Waals surface area contributed by atoms with Crippen LogP contribution in [0.1, 0.15) is 31.6 Å². The van der Waals surface area contributed by atoms with Crippen molar-refractivity contribution in [1.29, 1.82) is 0 Å². The van der Waals surface area contributed by atoms with E-state index in [1.165, 1.54) is 0 Å². The van der Waals surface area contributed by atoms with Gasteiger partial charge in [-0.15, -0.1) is 12.4 Å². The molecule has 1 aromatic rings. The molecule has 1 unspecified atom stereocenters. The lowest BCUT2D eigenvalue weighted by atomic mass is 10.4. The standard InChI is InChI=1S/C6H11N3O.ClH/c1-3-5-7-6(4(2)10)9-8-5;/h4,10H,3H2,1-2H3,(H,7,8,9);1H. The van der Waals surface area contributed by atoms with Gasteiger partial charge in [-0.2, -0.15) is 5.10 Å². The molecule has 0 spiro atoms. The van der Waals surface area contributed by atoms with Crippen LogP contribution >= 0.6 is 12.4 Å². The van der Waals surface area contributed by atoms with E-state index >= 15 is 0 Å². The number of H-pyrrole nitrogens is 1. The Labute approximate surface area is 71.5 Å². The van der Waals surface area contributed by atoms with Crippen LogP contribution in [0, 0.1) is 0 Å². The van der Waals surface area contributed by atoms with E-state index in [2.05, 4.69) is 15.2 Å². The van der Waals surface area contributed by atoms with Gasteiger partial charge in [0, 0.05) is 6.42 Å². The number of aromatic nitrogens is 3. The van der Waals surface area contributed by atoms with Crippen molar-refractivity contribution in [3.8, 4) is 0 Å². The van der Waals surface area contributed by atoms with Gasteiger partial charge in [0.1, 0.15) is 11.9 Å². The predicted molar refractivity (Wildman–Crippen MR) is 43.6 cm³/mol. The van der Waals surface area contributed by atoms with Crippen LogP contribution in [-0.2, 0) is 6.42 Å². The largest absolute Gasteiger partial charge is 0.385 e. The third-order valence-electron chi connectivity index (χ3n) is 1.26. The number of rotatable bonds is 2. The first-order valence-corrected chi connectivity index (χ1v) is 3.33. The van der Waals surface area contributed by atoms with Gasteiger partial charge in [-0.3, -0.25) is 5.10 Å². The molecule has 0 saturated heterocycles. The fraction of sp³-hybridized carbons (Fsp3) is 0.667. The summed E-state index contributed by atoms with van der Waals surface area (Å²) in [6.45, 7) is 3.62. The molecule has 1 rings (SSSR count). The molecule has 2 N–H and O–H groups in total. The summed E-state index contributed by atoms with van der Waals surface area (Å²) >= 11 is 0.